The molecule has 15 heavy (non-hydrogen) atoms. The van der Waals surface area contributed by atoms with Gasteiger partial charge < -0.3 is 5.32 Å². The van der Waals surface area contributed by atoms with E-state index in [9.17, 15) is 4.79 Å². The van der Waals surface area contributed by atoms with Crippen molar-refractivity contribution in [3.63, 3.8) is 0 Å². The molecule has 2 nitrogen and oxygen atoms in total. The zero-order valence-corrected chi connectivity index (χ0v) is 9.88. The van der Waals surface area contributed by atoms with Crippen LogP contribution in [0.2, 0.25) is 0 Å². The van der Waals surface area contributed by atoms with E-state index < -0.39 is 0 Å². The number of hydrogen-bond donors (Lipinski definition) is 1. The number of halogens is 1. The first kappa shape index (κ1) is 10.4. The Kier molecular flexibility index (Phi) is 3.21. The molecule has 1 aliphatic rings. The van der Waals surface area contributed by atoms with Crippen molar-refractivity contribution in [2.45, 2.75) is 12.8 Å². The average Bonchev–Trinajstić information content (AvgIpc) is 2.26. The molecule has 0 aliphatic carbocycles. The van der Waals surface area contributed by atoms with Crippen LogP contribution < -0.4 is 5.32 Å². The maximum absolute atomic E-state index is 11.2. The van der Waals surface area contributed by atoms with Gasteiger partial charge in [0.25, 0.3) is 0 Å². The van der Waals surface area contributed by atoms with Gasteiger partial charge in [-0.25, -0.2) is 0 Å². The summed E-state index contributed by atoms with van der Waals surface area (Å²) >= 11 is 3.35. The number of carbonyl (C=O) groups is 1. The standard InChI is InChI=1S/C12H12BrNO/c13-7-1-2-9-3-5-11-10(8-9)4-6-12(15)14-11/h1-3,5,8H,4,6-7H2,(H,14,15). The molecule has 0 spiro atoms. The molecule has 1 aromatic rings. The highest BCUT2D eigenvalue weighted by Crippen LogP contribution is 2.23. The lowest BCUT2D eigenvalue weighted by molar-refractivity contribution is -0.116. The Morgan fingerprint density at radius 3 is 3.07 bits per heavy atom. The number of carbonyl (C=O) groups excluding carboxylic acids is 1. The number of nitrogens with one attached hydrogen (secondary N) is 1. The Balaban J connectivity index is 2.26. The lowest BCUT2D eigenvalue weighted by atomic mass is 10.0. The molecule has 2 rings (SSSR count). The van der Waals surface area contributed by atoms with Gasteiger partial charge in [0.2, 0.25) is 5.91 Å². The molecular weight excluding hydrogens is 254 g/mol. The summed E-state index contributed by atoms with van der Waals surface area (Å²) in [5, 5.41) is 3.73. The van der Waals surface area contributed by atoms with Gasteiger partial charge in [0.05, 0.1) is 0 Å². The van der Waals surface area contributed by atoms with Crippen molar-refractivity contribution in [2.24, 2.45) is 0 Å². The fourth-order valence-corrected chi connectivity index (χ4v) is 1.87. The third-order valence-corrected chi connectivity index (χ3v) is 2.80. The first-order valence-corrected chi connectivity index (χ1v) is 6.07. The number of benzene rings is 1. The molecule has 1 N–H and O–H groups in total. The van der Waals surface area contributed by atoms with Crippen LogP contribution in [0.3, 0.4) is 0 Å². The van der Waals surface area contributed by atoms with Crippen LogP contribution in [-0.4, -0.2) is 11.2 Å². The second-order valence-electron chi connectivity index (χ2n) is 3.52. The van der Waals surface area contributed by atoms with Gasteiger partial charge in [-0.1, -0.05) is 34.1 Å². The maximum atomic E-state index is 11.2. The summed E-state index contributed by atoms with van der Waals surface area (Å²) in [6.07, 6.45) is 5.57. The van der Waals surface area contributed by atoms with Crippen molar-refractivity contribution in [1.82, 2.24) is 0 Å². The number of alkyl halides is 1. The molecule has 0 bridgehead atoms. The minimum absolute atomic E-state index is 0.117. The summed E-state index contributed by atoms with van der Waals surface area (Å²) in [4.78, 5) is 11.2. The first-order chi connectivity index (χ1) is 7.29. The number of rotatable bonds is 2. The highest BCUT2D eigenvalue weighted by molar-refractivity contribution is 9.09. The monoisotopic (exact) mass is 265 g/mol. The van der Waals surface area contributed by atoms with Crippen LogP contribution in [0, 0.1) is 0 Å². The molecular formula is C12H12BrNO. The Hall–Kier alpha value is -1.09. The topological polar surface area (TPSA) is 29.1 Å². The Labute approximate surface area is 97.5 Å². The van der Waals surface area contributed by atoms with E-state index in [4.69, 9.17) is 0 Å². The highest BCUT2D eigenvalue weighted by atomic mass is 79.9. The van der Waals surface area contributed by atoms with Crippen LogP contribution in [0.1, 0.15) is 17.5 Å². The van der Waals surface area contributed by atoms with E-state index >= 15 is 0 Å². The fourth-order valence-electron chi connectivity index (χ4n) is 1.69. The summed E-state index contributed by atoms with van der Waals surface area (Å²) in [6, 6.07) is 6.12. The van der Waals surface area contributed by atoms with E-state index in [-0.39, 0.29) is 5.91 Å². The number of hydrogen-bond acceptors (Lipinski definition) is 1. The molecule has 1 aromatic carbocycles. The van der Waals surface area contributed by atoms with Crippen molar-refractivity contribution in [3.8, 4) is 0 Å². The van der Waals surface area contributed by atoms with E-state index in [2.05, 4.69) is 39.5 Å². The second-order valence-corrected chi connectivity index (χ2v) is 4.17. The number of aryl methyl sites for hydroxylation is 1. The molecule has 0 radical (unpaired) electrons. The summed E-state index contributed by atoms with van der Waals surface area (Å²) in [5.41, 5.74) is 3.37. The molecule has 3 heteroatoms. The van der Waals surface area contributed by atoms with E-state index in [0.717, 1.165) is 17.4 Å². The van der Waals surface area contributed by atoms with Gasteiger partial charge in [-0.3, -0.25) is 4.79 Å². The van der Waals surface area contributed by atoms with E-state index in [1.807, 2.05) is 12.1 Å². The predicted molar refractivity (Wildman–Crippen MR) is 66.2 cm³/mol. The number of fused-ring (bicyclic) bond motifs is 1. The predicted octanol–water partition coefficient (Wildman–Crippen LogP) is 2.98. The molecule has 0 saturated heterocycles. The fraction of sp³-hybridized carbons (Fsp3) is 0.250. The summed E-state index contributed by atoms with van der Waals surface area (Å²) in [5.74, 6) is 0.117. The van der Waals surface area contributed by atoms with Gasteiger partial charge in [-0.05, 0) is 29.7 Å². The second kappa shape index (κ2) is 4.62. The van der Waals surface area contributed by atoms with Crippen LogP contribution in [0.15, 0.2) is 24.3 Å². The Morgan fingerprint density at radius 1 is 1.40 bits per heavy atom. The van der Waals surface area contributed by atoms with E-state index in [0.29, 0.717) is 6.42 Å². The average molecular weight is 266 g/mol. The molecule has 1 amide bonds. The van der Waals surface area contributed by atoms with E-state index in [1.165, 1.54) is 11.1 Å². The highest BCUT2D eigenvalue weighted by Gasteiger charge is 2.13. The first-order valence-electron chi connectivity index (χ1n) is 4.95. The van der Waals surface area contributed by atoms with E-state index in [1.54, 1.807) is 0 Å². The van der Waals surface area contributed by atoms with Gasteiger partial charge in [-0.2, -0.15) is 0 Å². The van der Waals surface area contributed by atoms with Crippen molar-refractivity contribution < 1.29 is 4.79 Å². The van der Waals surface area contributed by atoms with Gasteiger partial charge in [0.1, 0.15) is 0 Å². The lowest BCUT2D eigenvalue weighted by Crippen LogP contribution is -2.18. The third-order valence-electron chi connectivity index (χ3n) is 2.42. The quantitative estimate of drug-likeness (QED) is 0.819. The van der Waals surface area contributed by atoms with Crippen LogP contribution in [0.4, 0.5) is 5.69 Å². The number of anilines is 1. The zero-order chi connectivity index (χ0) is 10.7. The molecule has 1 aliphatic heterocycles. The SMILES string of the molecule is O=C1CCc2cc(C=CCBr)ccc2N1. The van der Waals surface area contributed by atoms with Crippen molar-refractivity contribution in [2.75, 3.05) is 10.6 Å². The van der Waals surface area contributed by atoms with Gasteiger partial charge in [0.15, 0.2) is 0 Å². The van der Waals surface area contributed by atoms with Gasteiger partial charge in [0, 0.05) is 17.4 Å². The largest absolute Gasteiger partial charge is 0.326 e. The van der Waals surface area contributed by atoms with Gasteiger partial charge in [-0.15, -0.1) is 0 Å². The van der Waals surface area contributed by atoms with Crippen molar-refractivity contribution in [1.29, 1.82) is 0 Å². The summed E-state index contributed by atoms with van der Waals surface area (Å²) in [7, 11) is 0. The van der Waals surface area contributed by atoms with Crippen molar-refractivity contribution >= 4 is 33.6 Å². The maximum Gasteiger partial charge on any atom is 0.224 e. The number of allylic oxidation sites excluding steroid dienone is 1. The molecule has 0 aromatic heterocycles. The smallest absolute Gasteiger partial charge is 0.224 e. The third kappa shape index (κ3) is 2.48. The van der Waals surface area contributed by atoms with Crippen molar-refractivity contribution in [3.05, 3.63) is 35.4 Å². The van der Waals surface area contributed by atoms with Crippen LogP contribution >= 0.6 is 15.9 Å². The molecule has 0 unspecified atom stereocenters. The van der Waals surface area contributed by atoms with Crippen LogP contribution in [-0.2, 0) is 11.2 Å². The Bertz CT molecular complexity index is 412. The number of amides is 1. The molecule has 1 heterocycles. The Morgan fingerprint density at radius 2 is 2.27 bits per heavy atom. The molecule has 0 fully saturated rings. The van der Waals surface area contributed by atoms with Gasteiger partial charge >= 0.3 is 0 Å². The molecule has 0 saturated carbocycles. The van der Waals surface area contributed by atoms with Crippen LogP contribution in [0.5, 0.6) is 0 Å². The minimum atomic E-state index is 0.117. The minimum Gasteiger partial charge on any atom is -0.326 e. The molecule has 78 valence electrons. The zero-order valence-electron chi connectivity index (χ0n) is 8.29. The van der Waals surface area contributed by atoms with Crippen LogP contribution in [0.25, 0.3) is 6.08 Å². The summed E-state index contributed by atoms with van der Waals surface area (Å²) < 4.78 is 0. The summed E-state index contributed by atoms with van der Waals surface area (Å²) in [6.45, 7) is 0. The lowest BCUT2D eigenvalue weighted by Gasteiger charge is -2.16. The normalized spacial score (nSPS) is 15.1. The molecule has 0 atom stereocenters.